The lowest BCUT2D eigenvalue weighted by molar-refractivity contribution is -0.0730. The fraction of sp³-hybridized carbons (Fsp3) is 0.391. The van der Waals surface area contributed by atoms with Gasteiger partial charge in [0.1, 0.15) is 6.61 Å². The van der Waals surface area contributed by atoms with E-state index in [0.29, 0.717) is 32.7 Å². The number of benzene rings is 2. The zero-order valence-electron chi connectivity index (χ0n) is 15.6. The SMILES string of the molecule is N#CC1CC2COCC(C1)N2C(=O)OCC1c2ccccc2-c2ccccc21. The Labute approximate surface area is 164 Å². The van der Waals surface area contributed by atoms with Gasteiger partial charge >= 0.3 is 6.09 Å². The van der Waals surface area contributed by atoms with Crippen LogP contribution >= 0.6 is 0 Å². The molecule has 2 unspecified atom stereocenters. The van der Waals surface area contributed by atoms with E-state index in [2.05, 4.69) is 30.3 Å². The van der Waals surface area contributed by atoms with E-state index in [4.69, 9.17) is 9.47 Å². The first kappa shape index (κ1) is 17.3. The zero-order valence-corrected chi connectivity index (χ0v) is 15.6. The van der Waals surface area contributed by atoms with Gasteiger partial charge < -0.3 is 9.47 Å². The minimum absolute atomic E-state index is 0.00321. The summed E-state index contributed by atoms with van der Waals surface area (Å²) in [6.45, 7) is 1.29. The van der Waals surface area contributed by atoms with Crippen molar-refractivity contribution in [2.75, 3.05) is 19.8 Å². The van der Waals surface area contributed by atoms with Gasteiger partial charge in [0.15, 0.2) is 0 Å². The highest BCUT2D eigenvalue weighted by Crippen LogP contribution is 2.44. The Morgan fingerprint density at radius 1 is 1.04 bits per heavy atom. The first-order valence-electron chi connectivity index (χ1n) is 9.87. The minimum atomic E-state index is -0.281. The normalized spacial score (nSPS) is 25.5. The topological polar surface area (TPSA) is 62.6 Å². The molecule has 2 fully saturated rings. The van der Waals surface area contributed by atoms with Gasteiger partial charge in [0.25, 0.3) is 0 Å². The number of hydrogen-bond donors (Lipinski definition) is 0. The highest BCUT2D eigenvalue weighted by molar-refractivity contribution is 5.79. The van der Waals surface area contributed by atoms with Crippen LogP contribution in [-0.4, -0.2) is 42.9 Å². The number of fused-ring (bicyclic) bond motifs is 5. The molecule has 2 atom stereocenters. The van der Waals surface area contributed by atoms with Crippen LogP contribution in [0.5, 0.6) is 0 Å². The molecule has 0 N–H and O–H groups in total. The third-order valence-electron chi connectivity index (χ3n) is 6.25. The van der Waals surface area contributed by atoms with E-state index >= 15 is 0 Å². The van der Waals surface area contributed by atoms with Crippen molar-refractivity contribution in [1.29, 1.82) is 5.26 Å². The van der Waals surface area contributed by atoms with Gasteiger partial charge in [0, 0.05) is 5.92 Å². The molecule has 0 radical (unpaired) electrons. The molecule has 2 heterocycles. The Balaban J connectivity index is 1.34. The van der Waals surface area contributed by atoms with Crippen molar-refractivity contribution in [3.8, 4) is 17.2 Å². The molecule has 1 amide bonds. The van der Waals surface area contributed by atoms with Gasteiger partial charge in [-0.25, -0.2) is 4.79 Å². The molecule has 2 bridgehead atoms. The lowest BCUT2D eigenvalue weighted by Crippen LogP contribution is -2.59. The Morgan fingerprint density at radius 2 is 1.61 bits per heavy atom. The van der Waals surface area contributed by atoms with E-state index in [1.165, 1.54) is 22.3 Å². The highest BCUT2D eigenvalue weighted by Gasteiger charge is 2.43. The summed E-state index contributed by atoms with van der Waals surface area (Å²) in [5.74, 6) is 0.0561. The summed E-state index contributed by atoms with van der Waals surface area (Å²) in [4.78, 5) is 14.8. The molecule has 142 valence electrons. The molecule has 2 saturated heterocycles. The Hall–Kier alpha value is -2.84. The first-order chi connectivity index (χ1) is 13.8. The number of nitriles is 1. The Bertz CT molecular complexity index is 891. The van der Waals surface area contributed by atoms with Gasteiger partial charge in [-0.05, 0) is 35.1 Å². The predicted octanol–water partition coefficient (Wildman–Crippen LogP) is 3.94. The van der Waals surface area contributed by atoms with E-state index < -0.39 is 0 Å². The second-order valence-electron chi connectivity index (χ2n) is 7.85. The number of amides is 1. The maximum absolute atomic E-state index is 13.0. The van der Waals surface area contributed by atoms with Crippen molar-refractivity contribution in [3.63, 3.8) is 0 Å². The van der Waals surface area contributed by atoms with E-state index in [0.717, 1.165) is 0 Å². The number of hydrogen-bond acceptors (Lipinski definition) is 4. The number of ether oxygens (including phenoxy) is 2. The molecule has 1 aliphatic carbocycles. The summed E-state index contributed by atoms with van der Waals surface area (Å²) >= 11 is 0. The second kappa shape index (κ2) is 6.96. The molecule has 2 aromatic rings. The monoisotopic (exact) mass is 374 g/mol. The van der Waals surface area contributed by atoms with Gasteiger partial charge in [-0.2, -0.15) is 5.26 Å². The Morgan fingerprint density at radius 3 is 2.18 bits per heavy atom. The van der Waals surface area contributed by atoms with Crippen molar-refractivity contribution < 1.29 is 14.3 Å². The van der Waals surface area contributed by atoms with Crippen LogP contribution in [0.25, 0.3) is 11.1 Å². The molecule has 5 nitrogen and oxygen atoms in total. The van der Waals surface area contributed by atoms with Gasteiger partial charge in [-0.3, -0.25) is 4.90 Å². The summed E-state index contributed by atoms with van der Waals surface area (Å²) in [6, 6.07) is 18.9. The number of morpholine rings is 1. The van der Waals surface area contributed by atoms with E-state index in [1.54, 1.807) is 0 Å². The number of carbonyl (C=O) groups excluding carboxylic acids is 1. The van der Waals surface area contributed by atoms with Crippen LogP contribution < -0.4 is 0 Å². The Kier molecular flexibility index (Phi) is 4.29. The highest BCUT2D eigenvalue weighted by atomic mass is 16.6. The smallest absolute Gasteiger partial charge is 0.410 e. The predicted molar refractivity (Wildman–Crippen MR) is 104 cm³/mol. The molecular weight excluding hydrogens is 352 g/mol. The molecule has 5 rings (SSSR count). The van der Waals surface area contributed by atoms with Gasteiger partial charge in [-0.15, -0.1) is 0 Å². The molecule has 3 aliphatic rings. The number of piperidine rings is 1. The third kappa shape index (κ3) is 2.76. The zero-order chi connectivity index (χ0) is 19.1. The van der Waals surface area contributed by atoms with E-state index in [1.807, 2.05) is 29.2 Å². The largest absolute Gasteiger partial charge is 0.448 e. The molecule has 0 aromatic heterocycles. The fourth-order valence-corrected chi connectivity index (χ4v) is 4.99. The van der Waals surface area contributed by atoms with Crippen LogP contribution in [0.1, 0.15) is 29.9 Å². The van der Waals surface area contributed by atoms with Crippen molar-refractivity contribution in [2.45, 2.75) is 30.8 Å². The molecule has 0 spiro atoms. The molecular formula is C23H22N2O3. The van der Waals surface area contributed by atoms with Crippen molar-refractivity contribution in [2.24, 2.45) is 5.92 Å². The standard InChI is InChI=1S/C23H22N2O3/c24-11-15-9-16-12-27-13-17(10-15)25(16)23(26)28-14-22-20-7-3-1-5-18(20)19-6-2-4-8-21(19)22/h1-8,15-17,22H,9-10,12-14H2. The average Bonchev–Trinajstić information content (AvgIpc) is 3.05. The summed E-state index contributed by atoms with van der Waals surface area (Å²) in [6.07, 6.45) is 1.05. The lowest BCUT2D eigenvalue weighted by atomic mass is 9.86. The van der Waals surface area contributed by atoms with E-state index in [9.17, 15) is 10.1 Å². The molecule has 2 aliphatic heterocycles. The van der Waals surface area contributed by atoms with E-state index in [-0.39, 0.29) is 30.0 Å². The fourth-order valence-electron chi connectivity index (χ4n) is 4.99. The van der Waals surface area contributed by atoms with Crippen LogP contribution in [0, 0.1) is 17.2 Å². The van der Waals surface area contributed by atoms with Crippen LogP contribution in [0.4, 0.5) is 4.79 Å². The summed E-state index contributed by atoms with van der Waals surface area (Å²) in [5, 5.41) is 9.28. The second-order valence-corrected chi connectivity index (χ2v) is 7.85. The van der Waals surface area contributed by atoms with Crippen molar-refractivity contribution in [3.05, 3.63) is 59.7 Å². The first-order valence-corrected chi connectivity index (χ1v) is 9.87. The maximum atomic E-state index is 13.0. The minimum Gasteiger partial charge on any atom is -0.448 e. The number of rotatable bonds is 2. The molecule has 0 saturated carbocycles. The average molecular weight is 374 g/mol. The summed E-state index contributed by atoms with van der Waals surface area (Å²) in [7, 11) is 0. The van der Waals surface area contributed by atoms with Crippen LogP contribution in [0.15, 0.2) is 48.5 Å². The number of carbonyl (C=O) groups is 1. The summed E-state index contributed by atoms with van der Waals surface area (Å²) < 4.78 is 11.5. The van der Waals surface area contributed by atoms with Gasteiger partial charge in [0.2, 0.25) is 0 Å². The van der Waals surface area contributed by atoms with Gasteiger partial charge in [-0.1, -0.05) is 48.5 Å². The van der Waals surface area contributed by atoms with Gasteiger partial charge in [0.05, 0.1) is 37.3 Å². The third-order valence-corrected chi connectivity index (χ3v) is 6.25. The maximum Gasteiger partial charge on any atom is 0.410 e. The molecule has 5 heteroatoms. The molecule has 2 aromatic carbocycles. The lowest BCUT2D eigenvalue weighted by Gasteiger charge is -2.46. The van der Waals surface area contributed by atoms with Crippen LogP contribution in [0.2, 0.25) is 0 Å². The van der Waals surface area contributed by atoms with Crippen LogP contribution in [0.3, 0.4) is 0 Å². The van der Waals surface area contributed by atoms with Crippen molar-refractivity contribution >= 4 is 6.09 Å². The van der Waals surface area contributed by atoms with Crippen molar-refractivity contribution in [1.82, 2.24) is 4.90 Å². The quantitative estimate of drug-likeness (QED) is 0.799. The molecule has 28 heavy (non-hydrogen) atoms. The number of nitrogens with zero attached hydrogens (tertiary/aromatic N) is 2. The van der Waals surface area contributed by atoms with Crippen LogP contribution in [-0.2, 0) is 9.47 Å². The summed E-state index contributed by atoms with van der Waals surface area (Å²) in [5.41, 5.74) is 4.87.